The number of ether oxygens (including phenoxy) is 1. The first-order chi connectivity index (χ1) is 10.2. The molecule has 0 aliphatic heterocycles. The molecule has 1 aromatic carbocycles. The molecule has 5 nitrogen and oxygen atoms in total. The minimum absolute atomic E-state index is 0.262. The summed E-state index contributed by atoms with van der Waals surface area (Å²) in [5, 5.41) is 4.25. The van der Waals surface area contributed by atoms with Gasteiger partial charge in [-0.3, -0.25) is 10.1 Å². The topological polar surface area (TPSA) is 64.1 Å². The molecule has 3 rings (SSSR count). The molecule has 2 aromatic heterocycles. The Hall–Kier alpha value is -2.47. The predicted octanol–water partition coefficient (Wildman–Crippen LogP) is 3.26. The van der Waals surface area contributed by atoms with Crippen LogP contribution in [0, 0.1) is 6.92 Å². The van der Waals surface area contributed by atoms with Crippen LogP contribution >= 0.6 is 11.3 Å². The first kappa shape index (κ1) is 13.5. The molecule has 21 heavy (non-hydrogen) atoms. The third-order valence-electron chi connectivity index (χ3n) is 2.97. The number of methoxy groups -OCH3 is 1. The number of hydrogen-bond acceptors (Lipinski definition) is 5. The fraction of sp³-hybridized carbons (Fsp3) is 0.133. The Bertz CT molecular complexity index is 814. The molecule has 6 heteroatoms. The standard InChI is InChI=1S/C15H13N3O2S/c1-9-8-16-15(21-9)18-14(19)13-5-3-10-7-11(20-2)4-6-12(10)17-13/h3-8H,1-2H3,(H,16,18,19). The van der Waals surface area contributed by atoms with Gasteiger partial charge in [0.05, 0.1) is 12.6 Å². The van der Waals surface area contributed by atoms with Gasteiger partial charge in [0.15, 0.2) is 5.13 Å². The molecule has 106 valence electrons. The van der Waals surface area contributed by atoms with Crippen molar-refractivity contribution in [1.29, 1.82) is 0 Å². The average Bonchev–Trinajstić information content (AvgIpc) is 2.91. The number of aromatic nitrogens is 2. The monoisotopic (exact) mass is 299 g/mol. The van der Waals surface area contributed by atoms with Gasteiger partial charge in [-0.15, -0.1) is 11.3 Å². The SMILES string of the molecule is COc1ccc2nc(C(=O)Nc3ncc(C)s3)ccc2c1. The van der Waals surface area contributed by atoms with Crippen LogP contribution < -0.4 is 10.1 Å². The zero-order valence-corrected chi connectivity index (χ0v) is 12.4. The lowest BCUT2D eigenvalue weighted by Crippen LogP contribution is -2.13. The maximum absolute atomic E-state index is 12.2. The number of fused-ring (bicyclic) bond motifs is 1. The number of nitrogens with zero attached hydrogens (tertiary/aromatic N) is 2. The Morgan fingerprint density at radius 3 is 2.86 bits per heavy atom. The summed E-state index contributed by atoms with van der Waals surface area (Å²) in [6.07, 6.45) is 1.72. The molecule has 3 aromatic rings. The summed E-state index contributed by atoms with van der Waals surface area (Å²) in [6.45, 7) is 1.94. The van der Waals surface area contributed by atoms with E-state index in [-0.39, 0.29) is 5.91 Å². The van der Waals surface area contributed by atoms with Crippen molar-refractivity contribution in [3.8, 4) is 5.75 Å². The van der Waals surface area contributed by atoms with E-state index in [9.17, 15) is 4.79 Å². The van der Waals surface area contributed by atoms with Crippen molar-refractivity contribution in [2.24, 2.45) is 0 Å². The van der Waals surface area contributed by atoms with E-state index >= 15 is 0 Å². The van der Waals surface area contributed by atoms with Crippen LogP contribution in [0.5, 0.6) is 5.75 Å². The van der Waals surface area contributed by atoms with E-state index < -0.39 is 0 Å². The van der Waals surface area contributed by atoms with E-state index in [0.29, 0.717) is 10.8 Å². The van der Waals surface area contributed by atoms with Gasteiger partial charge in [-0.05, 0) is 31.2 Å². The Morgan fingerprint density at radius 1 is 1.29 bits per heavy atom. The number of thiazole rings is 1. The number of aryl methyl sites for hydroxylation is 1. The molecule has 0 radical (unpaired) electrons. The molecule has 2 heterocycles. The lowest BCUT2D eigenvalue weighted by atomic mass is 10.2. The summed E-state index contributed by atoms with van der Waals surface area (Å²) in [5.41, 5.74) is 1.11. The van der Waals surface area contributed by atoms with Crippen LogP contribution in [0.1, 0.15) is 15.4 Å². The van der Waals surface area contributed by atoms with Crippen molar-refractivity contribution in [3.05, 3.63) is 47.1 Å². The highest BCUT2D eigenvalue weighted by Gasteiger charge is 2.10. The molecular formula is C15H13N3O2S. The molecule has 1 N–H and O–H groups in total. The first-order valence-electron chi connectivity index (χ1n) is 6.34. The molecule has 0 atom stereocenters. The molecule has 0 fully saturated rings. The molecule has 0 saturated carbocycles. The Balaban J connectivity index is 1.88. The van der Waals surface area contributed by atoms with Gasteiger partial charge in [0.2, 0.25) is 0 Å². The predicted molar refractivity (Wildman–Crippen MR) is 83.1 cm³/mol. The number of carbonyl (C=O) groups excluding carboxylic acids is 1. The zero-order chi connectivity index (χ0) is 14.8. The molecular weight excluding hydrogens is 286 g/mol. The van der Waals surface area contributed by atoms with Crippen molar-refractivity contribution in [3.63, 3.8) is 0 Å². The summed E-state index contributed by atoms with van der Waals surface area (Å²) in [5.74, 6) is 0.502. The molecule has 0 aliphatic carbocycles. The molecule has 0 saturated heterocycles. The van der Waals surface area contributed by atoms with Gasteiger partial charge >= 0.3 is 0 Å². The number of hydrogen-bond donors (Lipinski definition) is 1. The number of nitrogens with one attached hydrogen (secondary N) is 1. The van der Waals surface area contributed by atoms with Crippen LogP contribution in [-0.2, 0) is 0 Å². The van der Waals surface area contributed by atoms with Crippen molar-refractivity contribution in [1.82, 2.24) is 9.97 Å². The molecule has 0 bridgehead atoms. The van der Waals surface area contributed by atoms with Crippen LogP contribution in [-0.4, -0.2) is 23.0 Å². The highest BCUT2D eigenvalue weighted by molar-refractivity contribution is 7.15. The quantitative estimate of drug-likeness (QED) is 0.806. The highest BCUT2D eigenvalue weighted by Crippen LogP contribution is 2.21. The van der Waals surface area contributed by atoms with Gasteiger partial charge in [-0.2, -0.15) is 0 Å². The van der Waals surface area contributed by atoms with Crippen LogP contribution in [0.25, 0.3) is 10.9 Å². The first-order valence-corrected chi connectivity index (χ1v) is 7.16. The van der Waals surface area contributed by atoms with E-state index in [1.54, 1.807) is 19.4 Å². The summed E-state index contributed by atoms with van der Waals surface area (Å²) in [6, 6.07) is 9.08. The third kappa shape index (κ3) is 2.85. The van der Waals surface area contributed by atoms with Crippen LogP contribution in [0.2, 0.25) is 0 Å². The van der Waals surface area contributed by atoms with Crippen LogP contribution in [0.3, 0.4) is 0 Å². The van der Waals surface area contributed by atoms with Gasteiger partial charge in [0, 0.05) is 16.5 Å². The second kappa shape index (κ2) is 5.49. The van der Waals surface area contributed by atoms with Crippen molar-refractivity contribution >= 4 is 33.3 Å². The fourth-order valence-electron chi connectivity index (χ4n) is 1.93. The van der Waals surface area contributed by atoms with E-state index in [2.05, 4.69) is 15.3 Å². The average molecular weight is 299 g/mol. The summed E-state index contributed by atoms with van der Waals surface area (Å²) < 4.78 is 5.17. The molecule has 0 unspecified atom stereocenters. The second-order valence-corrected chi connectivity index (χ2v) is 5.72. The van der Waals surface area contributed by atoms with Gasteiger partial charge in [0.25, 0.3) is 5.91 Å². The number of carbonyl (C=O) groups is 1. The van der Waals surface area contributed by atoms with Crippen molar-refractivity contribution in [2.45, 2.75) is 6.92 Å². The van der Waals surface area contributed by atoms with E-state index in [4.69, 9.17) is 4.74 Å². The number of rotatable bonds is 3. The van der Waals surface area contributed by atoms with Gasteiger partial charge in [0.1, 0.15) is 11.4 Å². The summed E-state index contributed by atoms with van der Waals surface area (Å²) in [4.78, 5) is 21.7. The molecule has 0 spiro atoms. The number of pyridine rings is 1. The second-order valence-electron chi connectivity index (χ2n) is 4.49. The minimum Gasteiger partial charge on any atom is -0.497 e. The largest absolute Gasteiger partial charge is 0.497 e. The van der Waals surface area contributed by atoms with Gasteiger partial charge < -0.3 is 4.74 Å². The number of benzene rings is 1. The van der Waals surface area contributed by atoms with Gasteiger partial charge in [-0.25, -0.2) is 9.97 Å². The van der Waals surface area contributed by atoms with Crippen LogP contribution in [0.4, 0.5) is 5.13 Å². The van der Waals surface area contributed by atoms with Gasteiger partial charge in [-0.1, -0.05) is 6.07 Å². The lowest BCUT2D eigenvalue weighted by Gasteiger charge is -2.04. The summed E-state index contributed by atoms with van der Waals surface area (Å²) in [7, 11) is 1.62. The minimum atomic E-state index is -0.262. The van der Waals surface area contributed by atoms with Crippen molar-refractivity contribution in [2.75, 3.05) is 12.4 Å². The van der Waals surface area contributed by atoms with Crippen molar-refractivity contribution < 1.29 is 9.53 Å². The Labute approximate surface area is 125 Å². The molecule has 1 amide bonds. The van der Waals surface area contributed by atoms with E-state index in [1.807, 2.05) is 31.2 Å². The normalized spacial score (nSPS) is 10.6. The number of amides is 1. The highest BCUT2D eigenvalue weighted by atomic mass is 32.1. The third-order valence-corrected chi connectivity index (χ3v) is 3.80. The number of anilines is 1. The smallest absolute Gasteiger partial charge is 0.276 e. The zero-order valence-electron chi connectivity index (χ0n) is 11.6. The fourth-order valence-corrected chi connectivity index (χ4v) is 2.59. The lowest BCUT2D eigenvalue weighted by molar-refractivity contribution is 0.102. The maximum atomic E-state index is 12.2. The maximum Gasteiger partial charge on any atom is 0.276 e. The van der Waals surface area contributed by atoms with Crippen LogP contribution in [0.15, 0.2) is 36.5 Å². The Kier molecular flexibility index (Phi) is 3.53. The molecule has 0 aliphatic rings. The summed E-state index contributed by atoms with van der Waals surface area (Å²) >= 11 is 1.43. The van der Waals surface area contributed by atoms with E-state index in [1.165, 1.54) is 11.3 Å². The Morgan fingerprint density at radius 2 is 2.14 bits per heavy atom. The van der Waals surface area contributed by atoms with E-state index in [0.717, 1.165) is 21.5 Å².